The number of carbonyl (C=O) groups is 2. The fourth-order valence-corrected chi connectivity index (χ4v) is 4.40. The molecule has 0 saturated heterocycles. The molecular formula is C18H21N5O3S2. The van der Waals surface area contributed by atoms with E-state index >= 15 is 0 Å². The Morgan fingerprint density at radius 2 is 2.07 bits per heavy atom. The van der Waals surface area contributed by atoms with E-state index in [0.29, 0.717) is 23.2 Å². The summed E-state index contributed by atoms with van der Waals surface area (Å²) >= 11 is 2.83. The Bertz CT molecular complexity index is 991. The molecule has 8 nitrogen and oxygen atoms in total. The summed E-state index contributed by atoms with van der Waals surface area (Å²) in [5.74, 6) is 0.402. The number of rotatable bonds is 8. The van der Waals surface area contributed by atoms with Gasteiger partial charge in [-0.1, -0.05) is 11.8 Å². The molecule has 0 bridgehead atoms. The highest BCUT2D eigenvalue weighted by atomic mass is 32.2. The fourth-order valence-electron chi connectivity index (χ4n) is 2.84. The molecule has 3 aromatic rings. The smallest absolute Gasteiger partial charge is 0.313 e. The normalized spacial score (nSPS) is 11.0. The van der Waals surface area contributed by atoms with E-state index in [-0.39, 0.29) is 23.9 Å². The van der Waals surface area contributed by atoms with Crippen LogP contribution >= 0.6 is 23.1 Å². The minimum absolute atomic E-state index is 0.0100. The summed E-state index contributed by atoms with van der Waals surface area (Å²) in [5, 5.41) is 11.5. The summed E-state index contributed by atoms with van der Waals surface area (Å²) < 4.78 is 8.64. The van der Waals surface area contributed by atoms with Crippen molar-refractivity contribution in [2.75, 3.05) is 12.4 Å². The highest BCUT2D eigenvalue weighted by Crippen LogP contribution is 2.24. The van der Waals surface area contributed by atoms with E-state index in [9.17, 15) is 9.59 Å². The maximum atomic E-state index is 12.8. The van der Waals surface area contributed by atoms with Gasteiger partial charge < -0.3 is 9.30 Å². The van der Waals surface area contributed by atoms with Gasteiger partial charge in [0.05, 0.1) is 12.4 Å². The zero-order valence-electron chi connectivity index (χ0n) is 16.1. The van der Waals surface area contributed by atoms with Gasteiger partial charge in [-0.3, -0.25) is 14.2 Å². The Balaban J connectivity index is 1.69. The minimum atomic E-state index is -0.347. The van der Waals surface area contributed by atoms with Crippen LogP contribution in [0.4, 0.5) is 0 Å². The van der Waals surface area contributed by atoms with Crippen LogP contribution < -0.4 is 0 Å². The number of aryl methyl sites for hydroxylation is 1. The van der Waals surface area contributed by atoms with Crippen molar-refractivity contribution in [2.45, 2.75) is 32.3 Å². The molecule has 0 aliphatic rings. The van der Waals surface area contributed by atoms with Gasteiger partial charge in [0.2, 0.25) is 0 Å². The average Bonchev–Trinajstić information content (AvgIpc) is 3.35. The van der Waals surface area contributed by atoms with Crippen molar-refractivity contribution >= 4 is 34.9 Å². The average molecular weight is 420 g/mol. The van der Waals surface area contributed by atoms with E-state index in [1.165, 1.54) is 23.1 Å². The molecule has 0 unspecified atom stereocenters. The molecular weight excluding hydrogens is 398 g/mol. The Labute approximate surface area is 170 Å². The topological polar surface area (TPSA) is 91.9 Å². The molecule has 0 radical (unpaired) electrons. The highest BCUT2D eigenvalue weighted by Gasteiger charge is 2.20. The molecule has 0 N–H and O–H groups in total. The minimum Gasteiger partial charge on any atom is -0.466 e. The first-order valence-electron chi connectivity index (χ1n) is 8.71. The third-order valence-electron chi connectivity index (χ3n) is 4.21. The SMILES string of the molecule is CCOC(=O)Cc1nnc(SCC(=O)c2cc(C)n(-c3nccs3)c2C)n1C. The molecule has 0 aliphatic heterocycles. The molecule has 148 valence electrons. The molecule has 10 heteroatoms. The molecule has 3 aromatic heterocycles. The van der Waals surface area contributed by atoms with Crippen molar-refractivity contribution in [1.29, 1.82) is 0 Å². The first-order valence-corrected chi connectivity index (χ1v) is 10.6. The van der Waals surface area contributed by atoms with Crippen molar-refractivity contribution in [1.82, 2.24) is 24.3 Å². The summed E-state index contributed by atoms with van der Waals surface area (Å²) in [5.41, 5.74) is 2.52. The first-order chi connectivity index (χ1) is 13.4. The zero-order valence-corrected chi connectivity index (χ0v) is 17.8. The summed E-state index contributed by atoms with van der Waals surface area (Å²) in [6.45, 7) is 5.97. The molecule has 3 heterocycles. The van der Waals surface area contributed by atoms with Gasteiger partial charge >= 0.3 is 5.97 Å². The number of carbonyl (C=O) groups excluding carboxylic acids is 2. The van der Waals surface area contributed by atoms with E-state index in [1.807, 2.05) is 29.9 Å². The third kappa shape index (κ3) is 4.17. The van der Waals surface area contributed by atoms with E-state index < -0.39 is 0 Å². The first kappa shape index (κ1) is 20.3. The Morgan fingerprint density at radius 1 is 1.29 bits per heavy atom. The monoisotopic (exact) mass is 419 g/mol. The number of esters is 1. The molecule has 0 amide bonds. The lowest BCUT2D eigenvalue weighted by Gasteiger charge is -2.06. The Kier molecular flexibility index (Phi) is 6.30. The number of Topliss-reactive ketones (excluding diaryl/α,β-unsaturated/α-hetero) is 1. The largest absolute Gasteiger partial charge is 0.466 e. The van der Waals surface area contributed by atoms with Crippen LogP contribution in [0.25, 0.3) is 5.13 Å². The van der Waals surface area contributed by atoms with Gasteiger partial charge in [0, 0.05) is 35.6 Å². The number of nitrogens with zero attached hydrogens (tertiary/aromatic N) is 5. The lowest BCUT2D eigenvalue weighted by Crippen LogP contribution is -2.11. The van der Waals surface area contributed by atoms with Gasteiger partial charge in [0.25, 0.3) is 0 Å². The van der Waals surface area contributed by atoms with Crippen molar-refractivity contribution in [3.63, 3.8) is 0 Å². The van der Waals surface area contributed by atoms with E-state index in [0.717, 1.165) is 16.5 Å². The molecule has 0 spiro atoms. The van der Waals surface area contributed by atoms with Crippen LogP contribution in [0, 0.1) is 13.8 Å². The van der Waals surface area contributed by atoms with Gasteiger partial charge in [-0.25, -0.2) is 4.98 Å². The van der Waals surface area contributed by atoms with E-state index in [2.05, 4.69) is 15.2 Å². The summed E-state index contributed by atoms with van der Waals surface area (Å²) in [6, 6.07) is 1.89. The Hall–Kier alpha value is -2.46. The molecule has 0 aromatic carbocycles. The predicted octanol–water partition coefficient (Wildman–Crippen LogP) is 2.76. The summed E-state index contributed by atoms with van der Waals surface area (Å²) in [6.07, 6.45) is 1.80. The third-order valence-corrected chi connectivity index (χ3v) is 5.98. The van der Waals surface area contributed by atoms with Crippen LogP contribution in [0.2, 0.25) is 0 Å². The van der Waals surface area contributed by atoms with Crippen LogP contribution in [-0.4, -0.2) is 48.4 Å². The number of aromatic nitrogens is 5. The number of hydrogen-bond acceptors (Lipinski definition) is 8. The second kappa shape index (κ2) is 8.70. The molecule has 0 saturated carbocycles. The standard InChI is InChI=1S/C18H21N5O3S2/c1-5-26-16(25)9-15-20-21-18(22(15)4)28-10-14(24)13-8-11(2)23(12(13)3)17-19-6-7-27-17/h6-8H,5,9-10H2,1-4H3. The molecule has 0 aliphatic carbocycles. The second-order valence-electron chi connectivity index (χ2n) is 6.09. The van der Waals surface area contributed by atoms with Gasteiger partial charge in [0.15, 0.2) is 16.1 Å². The van der Waals surface area contributed by atoms with Gasteiger partial charge in [-0.15, -0.1) is 21.5 Å². The lowest BCUT2D eigenvalue weighted by atomic mass is 10.2. The maximum absolute atomic E-state index is 12.8. The second-order valence-corrected chi connectivity index (χ2v) is 7.90. The van der Waals surface area contributed by atoms with Gasteiger partial charge in [-0.05, 0) is 26.8 Å². The van der Waals surface area contributed by atoms with Crippen molar-refractivity contribution in [2.24, 2.45) is 7.05 Å². The van der Waals surface area contributed by atoms with Crippen LogP contribution in [0.15, 0.2) is 22.8 Å². The van der Waals surface area contributed by atoms with Crippen LogP contribution in [0.5, 0.6) is 0 Å². The van der Waals surface area contributed by atoms with Crippen LogP contribution in [0.3, 0.4) is 0 Å². The molecule has 0 fully saturated rings. The number of ketones is 1. The zero-order chi connectivity index (χ0) is 20.3. The summed E-state index contributed by atoms with van der Waals surface area (Å²) in [4.78, 5) is 28.7. The lowest BCUT2D eigenvalue weighted by molar-refractivity contribution is -0.142. The van der Waals surface area contributed by atoms with Crippen molar-refractivity contribution < 1.29 is 14.3 Å². The Morgan fingerprint density at radius 3 is 2.75 bits per heavy atom. The fraction of sp³-hybridized carbons (Fsp3) is 0.389. The number of hydrogen-bond donors (Lipinski definition) is 0. The van der Waals surface area contributed by atoms with Gasteiger partial charge in [0.1, 0.15) is 12.2 Å². The summed E-state index contributed by atoms with van der Waals surface area (Å²) in [7, 11) is 1.77. The number of thioether (sulfide) groups is 1. The van der Waals surface area contributed by atoms with Gasteiger partial charge in [-0.2, -0.15) is 0 Å². The van der Waals surface area contributed by atoms with Crippen molar-refractivity contribution in [3.05, 3.63) is 40.4 Å². The predicted molar refractivity (Wildman–Crippen MR) is 107 cm³/mol. The molecule has 0 atom stereocenters. The van der Waals surface area contributed by atoms with E-state index in [4.69, 9.17) is 4.74 Å². The van der Waals surface area contributed by atoms with Crippen molar-refractivity contribution in [3.8, 4) is 5.13 Å². The van der Waals surface area contributed by atoms with Crippen LogP contribution in [0.1, 0.15) is 34.5 Å². The highest BCUT2D eigenvalue weighted by molar-refractivity contribution is 7.99. The maximum Gasteiger partial charge on any atom is 0.313 e. The quantitative estimate of drug-likeness (QED) is 0.315. The number of ether oxygens (including phenoxy) is 1. The van der Waals surface area contributed by atoms with E-state index in [1.54, 1.807) is 24.7 Å². The molecule has 28 heavy (non-hydrogen) atoms. The van der Waals surface area contributed by atoms with Crippen LogP contribution in [-0.2, 0) is 23.0 Å². The molecule has 3 rings (SSSR count). The number of thiazole rings is 1.